The molecule has 2 N–H and O–H groups in total. The van der Waals surface area contributed by atoms with Crippen LogP contribution in [0.3, 0.4) is 0 Å². The van der Waals surface area contributed by atoms with E-state index in [0.29, 0.717) is 26.7 Å². The highest BCUT2D eigenvalue weighted by atomic mass is 79.9. The van der Waals surface area contributed by atoms with Crippen LogP contribution >= 0.6 is 63.7 Å². The standard InChI is InChI=1S/C46H43N5.C13H14N2.2CH2Br2/c1-8-22-40(23-9-1)47(36-48(41-24-10-2-11-25-41)38-50(43-28-14-4-15-29-43)44-30-16-5-17-31-44)37-49(42-26-12-3-13-27-42)39-51(45-32-18-6-19-33-45)46-34-20-7-21-35-46;1-3-7-12(8-4-1)14-11-15-13-9-5-2-6-10-13;2*2-1-3/h1-35H,36-39H2;1-10,14-15H,11H2;2*1H2. The molecule has 0 aliphatic carbocycles. The molecule has 0 saturated carbocycles. The third-order valence-corrected chi connectivity index (χ3v) is 11.1. The van der Waals surface area contributed by atoms with Crippen molar-refractivity contribution in [3.63, 3.8) is 0 Å². The quantitative estimate of drug-likeness (QED) is 0.0618. The minimum atomic E-state index is 0.643. The van der Waals surface area contributed by atoms with Crippen LogP contribution in [0.5, 0.6) is 0 Å². The third kappa shape index (κ3) is 18.6. The van der Waals surface area contributed by atoms with Crippen LogP contribution in [0.15, 0.2) is 273 Å². The molecule has 0 atom stereocenters. The van der Waals surface area contributed by atoms with Gasteiger partial charge in [0.2, 0.25) is 0 Å². The molecular weight excluding hydrogens is 1150 g/mol. The summed E-state index contributed by atoms with van der Waals surface area (Å²) in [5.41, 5.74) is 10.3. The molecule has 0 radical (unpaired) electrons. The van der Waals surface area contributed by atoms with E-state index in [0.717, 1.165) is 66.3 Å². The van der Waals surface area contributed by atoms with E-state index in [1.165, 1.54) is 0 Å². The number of alkyl halides is 4. The molecule has 0 saturated heterocycles. The van der Waals surface area contributed by atoms with Crippen molar-refractivity contribution in [2.24, 2.45) is 0 Å². The predicted octanol–water partition coefficient (Wildman–Crippen LogP) is 17.6. The van der Waals surface area contributed by atoms with Gasteiger partial charge in [0, 0.05) is 51.2 Å². The Balaban J connectivity index is 0.000000336. The minimum Gasteiger partial charge on any atom is -0.368 e. The third-order valence-electron chi connectivity index (χ3n) is 11.1. The lowest BCUT2D eigenvalue weighted by molar-refractivity contribution is 0.683. The van der Waals surface area contributed by atoms with Gasteiger partial charge in [-0.2, -0.15) is 0 Å². The summed E-state index contributed by atoms with van der Waals surface area (Å²) in [7, 11) is 0. The Morgan fingerprint density at radius 1 is 0.236 bits per heavy atom. The fourth-order valence-electron chi connectivity index (χ4n) is 7.71. The second-order valence-corrected chi connectivity index (χ2v) is 21.1. The molecule has 0 spiro atoms. The number of nitrogens with zero attached hydrogens (tertiary/aromatic N) is 5. The van der Waals surface area contributed by atoms with Crippen LogP contribution < -0.4 is 35.1 Å². The molecule has 0 bridgehead atoms. The van der Waals surface area contributed by atoms with Gasteiger partial charge >= 0.3 is 0 Å². The lowest BCUT2D eigenvalue weighted by Gasteiger charge is -2.41. The minimum absolute atomic E-state index is 0.643. The largest absolute Gasteiger partial charge is 0.368 e. The summed E-state index contributed by atoms with van der Waals surface area (Å²) in [5.74, 6) is 0. The Morgan fingerprint density at radius 2 is 0.417 bits per heavy atom. The molecular formula is C61H61Br4N7. The van der Waals surface area contributed by atoms with Crippen LogP contribution in [0, 0.1) is 0 Å². The van der Waals surface area contributed by atoms with Crippen molar-refractivity contribution in [3.8, 4) is 0 Å². The number of nitrogens with one attached hydrogen (secondary N) is 2. The number of rotatable bonds is 19. The first-order chi connectivity index (χ1) is 35.6. The lowest BCUT2D eigenvalue weighted by atomic mass is 10.2. The second-order valence-electron chi connectivity index (χ2n) is 15.9. The zero-order valence-electron chi connectivity index (χ0n) is 40.2. The van der Waals surface area contributed by atoms with E-state index >= 15 is 0 Å². The average Bonchev–Trinajstić information content (AvgIpc) is 3.45. The molecule has 9 aromatic carbocycles. The number of benzene rings is 9. The smallest absolute Gasteiger partial charge is 0.0968 e. The molecule has 9 aromatic rings. The van der Waals surface area contributed by atoms with Crippen LogP contribution in [-0.2, 0) is 0 Å². The van der Waals surface area contributed by atoms with Crippen LogP contribution in [0.2, 0.25) is 0 Å². The average molecular weight is 1210 g/mol. The van der Waals surface area contributed by atoms with Gasteiger partial charge < -0.3 is 35.1 Å². The maximum atomic E-state index is 3.28. The summed E-state index contributed by atoms with van der Waals surface area (Å²) in [6.45, 7) is 3.31. The van der Waals surface area contributed by atoms with Gasteiger partial charge in [0.1, 0.15) is 0 Å². The maximum Gasteiger partial charge on any atom is 0.0968 e. The predicted molar refractivity (Wildman–Crippen MR) is 327 cm³/mol. The Bertz CT molecular complexity index is 2470. The van der Waals surface area contributed by atoms with E-state index in [2.05, 4.69) is 311 Å². The number of halogens is 4. The highest BCUT2D eigenvalue weighted by molar-refractivity contribution is 9.24. The van der Waals surface area contributed by atoms with Crippen molar-refractivity contribution in [2.75, 3.05) is 77.0 Å². The SMILES string of the molecule is BrCBr.BrCBr.c1ccc(N(CN(CN(c2ccccc2)c2ccccc2)c2ccccc2)CN(CN(c2ccccc2)c2ccccc2)c2ccccc2)cc1.c1ccc(NCNc2ccccc2)cc1. The van der Waals surface area contributed by atoms with Crippen molar-refractivity contribution >= 4 is 115 Å². The molecule has 0 aliphatic heterocycles. The topological polar surface area (TPSA) is 40.3 Å². The van der Waals surface area contributed by atoms with Gasteiger partial charge in [0.25, 0.3) is 0 Å². The van der Waals surface area contributed by atoms with E-state index in [1.54, 1.807) is 0 Å². The summed E-state index contributed by atoms with van der Waals surface area (Å²) in [5, 5.41) is 6.56. The molecule has 368 valence electrons. The van der Waals surface area contributed by atoms with Gasteiger partial charge in [-0.05, 0) is 109 Å². The van der Waals surface area contributed by atoms with Gasteiger partial charge in [-0.15, -0.1) is 0 Å². The second kappa shape index (κ2) is 32.5. The molecule has 0 aliphatic rings. The highest BCUT2D eigenvalue weighted by Crippen LogP contribution is 2.30. The molecule has 0 fully saturated rings. The van der Waals surface area contributed by atoms with Crippen LogP contribution in [0.4, 0.5) is 51.2 Å². The number of anilines is 9. The summed E-state index contributed by atoms with van der Waals surface area (Å²) in [6, 6.07) is 95.2. The summed E-state index contributed by atoms with van der Waals surface area (Å²) >= 11 is 12.2. The number of hydrogen-bond donors (Lipinski definition) is 2. The summed E-state index contributed by atoms with van der Waals surface area (Å²) < 4.78 is 1.75. The van der Waals surface area contributed by atoms with Gasteiger partial charge in [0.05, 0.1) is 41.8 Å². The molecule has 9 rings (SSSR count). The fraction of sp³-hybridized carbons (Fsp3) is 0.115. The number of para-hydroxylation sites is 9. The van der Waals surface area contributed by atoms with Gasteiger partial charge in [-0.3, -0.25) is 0 Å². The van der Waals surface area contributed by atoms with Gasteiger partial charge in [0.15, 0.2) is 0 Å². The van der Waals surface area contributed by atoms with Gasteiger partial charge in [-0.1, -0.05) is 228 Å². The van der Waals surface area contributed by atoms with Crippen LogP contribution in [0.25, 0.3) is 0 Å². The fourth-order valence-corrected chi connectivity index (χ4v) is 7.71. The van der Waals surface area contributed by atoms with Crippen molar-refractivity contribution in [2.45, 2.75) is 0 Å². The number of hydrogen-bond acceptors (Lipinski definition) is 7. The van der Waals surface area contributed by atoms with E-state index in [-0.39, 0.29) is 0 Å². The van der Waals surface area contributed by atoms with Crippen LogP contribution in [-0.4, -0.2) is 41.8 Å². The van der Waals surface area contributed by atoms with E-state index in [9.17, 15) is 0 Å². The molecule has 7 nitrogen and oxygen atoms in total. The lowest BCUT2D eigenvalue weighted by Crippen LogP contribution is -2.49. The highest BCUT2D eigenvalue weighted by Gasteiger charge is 2.22. The molecule has 0 amide bonds. The normalized spacial score (nSPS) is 10.1. The van der Waals surface area contributed by atoms with Gasteiger partial charge in [-0.25, -0.2) is 0 Å². The van der Waals surface area contributed by atoms with E-state index in [4.69, 9.17) is 0 Å². The molecule has 0 aromatic heterocycles. The summed E-state index contributed by atoms with van der Waals surface area (Å²) in [6.07, 6.45) is 0. The van der Waals surface area contributed by atoms with E-state index < -0.39 is 0 Å². The zero-order valence-corrected chi connectivity index (χ0v) is 46.5. The van der Waals surface area contributed by atoms with E-state index in [1.807, 2.05) is 60.7 Å². The van der Waals surface area contributed by atoms with Crippen molar-refractivity contribution < 1.29 is 0 Å². The molecule has 11 heteroatoms. The Hall–Kier alpha value is -6.50. The maximum absolute atomic E-state index is 3.28. The first-order valence-electron chi connectivity index (χ1n) is 23.6. The first kappa shape index (κ1) is 54.8. The molecule has 72 heavy (non-hydrogen) atoms. The monoisotopic (exact) mass is 1210 g/mol. The first-order valence-corrected chi connectivity index (χ1v) is 28.1. The molecule has 0 heterocycles. The van der Waals surface area contributed by atoms with Crippen molar-refractivity contribution in [1.29, 1.82) is 0 Å². The Labute approximate surface area is 461 Å². The Morgan fingerprint density at radius 3 is 0.639 bits per heavy atom. The molecule has 0 unspecified atom stereocenters. The zero-order chi connectivity index (χ0) is 50.3. The van der Waals surface area contributed by atoms with Crippen molar-refractivity contribution in [3.05, 3.63) is 273 Å². The van der Waals surface area contributed by atoms with Crippen LogP contribution in [0.1, 0.15) is 0 Å². The Kier molecular flexibility index (Phi) is 24.7. The summed E-state index contributed by atoms with van der Waals surface area (Å²) in [4.78, 5) is 12.2. The van der Waals surface area contributed by atoms with Crippen molar-refractivity contribution in [1.82, 2.24) is 0 Å².